The topological polar surface area (TPSA) is 97.7 Å². The third-order valence-corrected chi connectivity index (χ3v) is 4.44. The quantitative estimate of drug-likeness (QED) is 0.315. The minimum absolute atomic E-state index is 0. The second-order valence-corrected chi connectivity index (χ2v) is 6.54. The molecule has 0 aromatic carbocycles. The Kier molecular flexibility index (Phi) is 8.70. The Morgan fingerprint density at radius 2 is 2.00 bits per heavy atom. The van der Waals surface area contributed by atoms with Crippen molar-refractivity contribution >= 4 is 22.4 Å². The second kappa shape index (κ2) is 8.71. The number of hydrogen-bond acceptors (Lipinski definition) is 5. The van der Waals surface area contributed by atoms with Crippen LogP contribution >= 0.6 is 0 Å². The van der Waals surface area contributed by atoms with E-state index >= 15 is 0 Å². The number of alkyl halides is 2. The SMILES string of the molecule is C[C-]=O.O=C(OCC(F)(F)S(=O)(=O)O)C1CC2[CH-]CC1C2.[U+2]. The molecule has 0 aromatic rings. The van der Waals surface area contributed by atoms with Gasteiger partial charge in [0.05, 0.1) is 5.92 Å². The first-order valence-electron chi connectivity index (χ1n) is 6.26. The van der Waals surface area contributed by atoms with Gasteiger partial charge in [-0.05, 0) is 0 Å². The molecule has 0 amide bonds. The molecule has 2 rings (SSSR count). The van der Waals surface area contributed by atoms with E-state index in [-0.39, 0.29) is 37.0 Å². The Balaban J connectivity index is 0.00000102. The van der Waals surface area contributed by atoms with E-state index in [0.717, 1.165) is 12.8 Å². The minimum atomic E-state index is -5.55. The van der Waals surface area contributed by atoms with E-state index in [9.17, 15) is 22.0 Å². The molecule has 124 valence electrons. The summed E-state index contributed by atoms with van der Waals surface area (Å²) in [6.07, 6.45) is 5.79. The van der Waals surface area contributed by atoms with Gasteiger partial charge in [0.25, 0.3) is 0 Å². The van der Waals surface area contributed by atoms with Gasteiger partial charge in [-0.1, -0.05) is 18.8 Å². The summed E-state index contributed by atoms with van der Waals surface area (Å²) < 4.78 is 58.9. The summed E-state index contributed by atoms with van der Waals surface area (Å²) >= 11 is 0. The van der Waals surface area contributed by atoms with Crippen molar-refractivity contribution in [1.29, 1.82) is 0 Å². The van der Waals surface area contributed by atoms with Gasteiger partial charge in [0, 0.05) is 0 Å². The molecule has 0 saturated heterocycles. The van der Waals surface area contributed by atoms with E-state index in [4.69, 9.17) is 9.35 Å². The van der Waals surface area contributed by atoms with Crippen molar-refractivity contribution in [3.8, 4) is 0 Å². The summed E-state index contributed by atoms with van der Waals surface area (Å²) in [6.45, 7) is -0.317. The minimum Gasteiger partial charge on any atom is -0.542 e. The van der Waals surface area contributed by atoms with Crippen molar-refractivity contribution in [2.75, 3.05) is 6.61 Å². The number of rotatable bonds is 4. The molecule has 2 saturated carbocycles. The van der Waals surface area contributed by atoms with Gasteiger partial charge < -0.3 is 16.0 Å². The fourth-order valence-electron chi connectivity index (χ4n) is 2.61. The summed E-state index contributed by atoms with van der Waals surface area (Å²) in [5.41, 5.74) is 0. The van der Waals surface area contributed by atoms with Crippen molar-refractivity contribution < 1.29 is 67.2 Å². The van der Waals surface area contributed by atoms with Crippen LogP contribution in [0.3, 0.4) is 0 Å². The first-order valence-corrected chi connectivity index (χ1v) is 7.70. The van der Waals surface area contributed by atoms with E-state index in [0.29, 0.717) is 12.3 Å². The smallest absolute Gasteiger partial charge is 0.542 e. The zero-order valence-electron chi connectivity index (χ0n) is 11.8. The molecular weight excluding hydrogens is 548 g/mol. The summed E-state index contributed by atoms with van der Waals surface area (Å²) in [5, 5.41) is -4.45. The molecular formula is C12H16F2O6SU. The van der Waals surface area contributed by atoms with Crippen molar-refractivity contribution in [3.05, 3.63) is 6.42 Å². The van der Waals surface area contributed by atoms with Gasteiger partial charge in [0.1, 0.15) is 0 Å². The molecule has 0 heterocycles. The number of esters is 1. The molecule has 1 N–H and O–H groups in total. The van der Waals surface area contributed by atoms with Gasteiger partial charge in [-0.2, -0.15) is 36.5 Å². The zero-order chi connectivity index (χ0) is 16.3. The number of carbonyl (C=O) groups is 1. The largest absolute Gasteiger partial charge is 2.00 e. The molecule has 0 spiro atoms. The van der Waals surface area contributed by atoms with E-state index in [1.54, 1.807) is 0 Å². The predicted molar refractivity (Wildman–Crippen MR) is 67.4 cm³/mol. The van der Waals surface area contributed by atoms with E-state index < -0.39 is 33.9 Å². The van der Waals surface area contributed by atoms with Crippen molar-refractivity contribution in [2.45, 2.75) is 31.4 Å². The standard InChI is InChI=1S/C10H13F2O5S.C2H3O.U/c11-10(12,18(14,15)16)5-17-9(13)8-4-6-1-2-7(8)3-6;1-2-3;/h1,6-8H,2-5H2,(H,14,15,16);1H3;/q2*-1;+2. The number of carbonyl (C=O) groups excluding carboxylic acids is 2. The molecule has 0 aliphatic heterocycles. The van der Waals surface area contributed by atoms with Crippen LogP contribution in [-0.4, -0.2) is 37.1 Å². The Bertz CT molecular complexity index is 496. The van der Waals surface area contributed by atoms with Gasteiger partial charge >= 0.3 is 52.5 Å². The summed E-state index contributed by atoms with van der Waals surface area (Å²) in [6, 6.07) is 0. The number of hydrogen-bond donors (Lipinski definition) is 1. The van der Waals surface area contributed by atoms with Crippen molar-refractivity contribution in [1.82, 2.24) is 0 Å². The average Bonchev–Trinajstić information content (AvgIpc) is 2.97. The van der Waals surface area contributed by atoms with Gasteiger partial charge in [-0.25, -0.2) is 0 Å². The maximum atomic E-state index is 12.8. The molecule has 2 fully saturated rings. The first kappa shape index (κ1) is 22.0. The predicted octanol–water partition coefficient (Wildman–Crippen LogP) is 1.38. The molecule has 2 aliphatic rings. The van der Waals surface area contributed by atoms with Crippen molar-refractivity contribution in [2.24, 2.45) is 17.8 Å². The molecule has 6 nitrogen and oxygen atoms in total. The van der Waals surface area contributed by atoms with Crippen molar-refractivity contribution in [3.63, 3.8) is 0 Å². The molecule has 0 aromatic heterocycles. The number of fused-ring (bicyclic) bond motifs is 2. The second-order valence-electron chi connectivity index (χ2n) is 4.99. The number of halogens is 2. The van der Waals surface area contributed by atoms with Gasteiger partial charge in [-0.15, -0.1) is 0 Å². The number of ether oxygens (including phenoxy) is 1. The monoisotopic (exact) mass is 564 g/mol. The molecule has 10 heteroatoms. The molecule has 22 heavy (non-hydrogen) atoms. The Labute approximate surface area is 151 Å². The Hall–Kier alpha value is -0.0381. The fourth-order valence-corrected chi connectivity index (χ4v) is 2.82. The fraction of sp³-hybridized carbons (Fsp3) is 0.750. The summed E-state index contributed by atoms with van der Waals surface area (Å²) in [7, 11) is -5.55. The molecule has 2 aliphatic carbocycles. The van der Waals surface area contributed by atoms with Crippen LogP contribution in [0, 0.1) is 55.3 Å². The van der Waals surface area contributed by atoms with E-state index in [1.165, 1.54) is 13.2 Å². The van der Waals surface area contributed by atoms with Crippen LogP contribution in [-0.2, 0) is 24.4 Å². The van der Waals surface area contributed by atoms with Crippen LogP contribution in [0.2, 0.25) is 0 Å². The maximum Gasteiger partial charge on any atom is 2.00 e. The maximum absolute atomic E-state index is 12.8. The summed E-state index contributed by atoms with van der Waals surface area (Å²) in [4.78, 5) is 20.2. The van der Waals surface area contributed by atoms with Crippen LogP contribution in [0.5, 0.6) is 0 Å². The first-order chi connectivity index (χ1) is 9.62. The van der Waals surface area contributed by atoms with Crippen LogP contribution in [0.1, 0.15) is 26.2 Å². The van der Waals surface area contributed by atoms with E-state index in [1.807, 2.05) is 0 Å². The Morgan fingerprint density at radius 1 is 1.45 bits per heavy atom. The molecule has 0 radical (unpaired) electrons. The van der Waals surface area contributed by atoms with Gasteiger partial charge in [0.2, 0.25) is 0 Å². The van der Waals surface area contributed by atoms with E-state index in [2.05, 4.69) is 11.2 Å². The molecule has 3 atom stereocenters. The van der Waals surface area contributed by atoms with Gasteiger partial charge in [0.15, 0.2) is 6.61 Å². The summed E-state index contributed by atoms with van der Waals surface area (Å²) in [5.74, 6) is -0.799. The zero-order valence-corrected chi connectivity index (χ0v) is 16.8. The van der Waals surface area contributed by atoms with Crippen LogP contribution < -0.4 is 0 Å². The van der Waals surface area contributed by atoms with Crippen LogP contribution in [0.15, 0.2) is 0 Å². The Morgan fingerprint density at radius 3 is 2.36 bits per heavy atom. The third kappa shape index (κ3) is 5.55. The molecule has 2 bridgehead atoms. The third-order valence-electron chi connectivity index (χ3n) is 3.57. The molecule has 3 unspecified atom stereocenters. The van der Waals surface area contributed by atoms with Gasteiger partial charge in [-0.3, -0.25) is 15.6 Å². The average molecular weight is 564 g/mol. The normalized spacial score (nSPS) is 26.5. The van der Waals surface area contributed by atoms with Crippen LogP contribution in [0.4, 0.5) is 8.78 Å². The van der Waals surface area contributed by atoms with Crippen LogP contribution in [0.25, 0.3) is 0 Å².